The van der Waals surface area contributed by atoms with Crippen LogP contribution in [0.5, 0.6) is 0 Å². The molecule has 0 saturated carbocycles. The third kappa shape index (κ3) is 2.92. The van der Waals surface area contributed by atoms with E-state index in [1.807, 2.05) is 0 Å². The smallest absolute Gasteiger partial charge is 0.320 e. The van der Waals surface area contributed by atoms with Crippen molar-refractivity contribution in [2.45, 2.75) is 25.6 Å². The fourth-order valence-corrected chi connectivity index (χ4v) is 1.23. The molecule has 0 aliphatic rings. The fraction of sp³-hybridized carbons (Fsp3) is 0.400. The maximum Gasteiger partial charge on any atom is 0.403 e. The van der Waals surface area contributed by atoms with Gasteiger partial charge in [0.15, 0.2) is 0 Å². The molecule has 84 valence electrons. The second-order valence-electron chi connectivity index (χ2n) is 3.38. The van der Waals surface area contributed by atoms with E-state index in [0.29, 0.717) is 5.56 Å². The van der Waals surface area contributed by atoms with Crippen molar-refractivity contribution in [1.29, 1.82) is 0 Å². The third-order valence-corrected chi connectivity index (χ3v) is 2.24. The van der Waals surface area contributed by atoms with Gasteiger partial charge in [-0.1, -0.05) is 12.1 Å². The van der Waals surface area contributed by atoms with E-state index in [1.54, 1.807) is 0 Å². The van der Waals surface area contributed by atoms with E-state index >= 15 is 0 Å². The van der Waals surface area contributed by atoms with Gasteiger partial charge >= 0.3 is 6.18 Å². The SMILES string of the molecule is Cc1c(F)cccc1CC(N)C(F)(F)F. The van der Waals surface area contributed by atoms with E-state index in [2.05, 4.69) is 0 Å². The van der Waals surface area contributed by atoms with E-state index in [9.17, 15) is 17.6 Å². The minimum Gasteiger partial charge on any atom is -0.320 e. The molecule has 2 N–H and O–H groups in total. The Balaban J connectivity index is 2.86. The zero-order chi connectivity index (χ0) is 11.6. The molecule has 1 nitrogen and oxygen atoms in total. The van der Waals surface area contributed by atoms with Crippen LogP contribution >= 0.6 is 0 Å². The first kappa shape index (κ1) is 12.0. The van der Waals surface area contributed by atoms with Crippen molar-refractivity contribution in [3.05, 3.63) is 35.1 Å². The van der Waals surface area contributed by atoms with Crippen LogP contribution in [0, 0.1) is 12.7 Å². The topological polar surface area (TPSA) is 26.0 Å². The van der Waals surface area contributed by atoms with Crippen LogP contribution in [0.1, 0.15) is 11.1 Å². The Kier molecular flexibility index (Phi) is 3.34. The van der Waals surface area contributed by atoms with E-state index < -0.39 is 24.5 Å². The van der Waals surface area contributed by atoms with Crippen molar-refractivity contribution >= 4 is 0 Å². The van der Waals surface area contributed by atoms with Crippen molar-refractivity contribution in [2.75, 3.05) is 0 Å². The van der Waals surface area contributed by atoms with Crippen LogP contribution in [0.25, 0.3) is 0 Å². The van der Waals surface area contributed by atoms with Gasteiger partial charge in [0.2, 0.25) is 0 Å². The van der Waals surface area contributed by atoms with Crippen molar-refractivity contribution in [3.8, 4) is 0 Å². The van der Waals surface area contributed by atoms with Crippen LogP contribution in [-0.4, -0.2) is 12.2 Å². The standard InChI is InChI=1S/C10H11F4N/c1-6-7(3-2-4-8(6)11)5-9(15)10(12,13)14/h2-4,9H,5,15H2,1H3. The predicted octanol–water partition coefficient (Wildman–Crippen LogP) is 2.57. The molecule has 0 saturated heterocycles. The maximum atomic E-state index is 13.0. The van der Waals surface area contributed by atoms with E-state index in [4.69, 9.17) is 5.73 Å². The molecule has 1 aromatic rings. The third-order valence-electron chi connectivity index (χ3n) is 2.24. The normalized spacial score (nSPS) is 14.0. The number of halogens is 4. The molecule has 0 amide bonds. The average Bonchev–Trinajstić information content (AvgIpc) is 2.11. The Hall–Kier alpha value is -1.10. The maximum absolute atomic E-state index is 13.0. The molecular formula is C10H11F4N. The number of benzene rings is 1. The van der Waals surface area contributed by atoms with Gasteiger partial charge in [0.25, 0.3) is 0 Å². The molecule has 0 heterocycles. The predicted molar refractivity (Wildman–Crippen MR) is 48.9 cm³/mol. The van der Waals surface area contributed by atoms with Crippen LogP contribution < -0.4 is 5.73 Å². The average molecular weight is 221 g/mol. The summed E-state index contributed by atoms with van der Waals surface area (Å²) in [5.74, 6) is -0.512. The number of alkyl halides is 3. The highest BCUT2D eigenvalue weighted by Gasteiger charge is 2.36. The van der Waals surface area contributed by atoms with Gasteiger partial charge in [0.1, 0.15) is 11.9 Å². The summed E-state index contributed by atoms with van der Waals surface area (Å²) in [5.41, 5.74) is 5.47. The number of hydrogen-bond acceptors (Lipinski definition) is 1. The molecule has 0 aliphatic heterocycles. The minimum atomic E-state index is -4.45. The molecule has 1 aromatic carbocycles. The lowest BCUT2D eigenvalue weighted by Gasteiger charge is -2.16. The zero-order valence-corrected chi connectivity index (χ0v) is 8.11. The van der Waals surface area contributed by atoms with Crippen LogP contribution in [0.4, 0.5) is 17.6 Å². The lowest BCUT2D eigenvalue weighted by Crippen LogP contribution is -2.39. The Morgan fingerprint density at radius 2 is 1.93 bits per heavy atom. The second kappa shape index (κ2) is 4.18. The number of hydrogen-bond donors (Lipinski definition) is 1. The Morgan fingerprint density at radius 1 is 1.33 bits per heavy atom. The van der Waals surface area contributed by atoms with Gasteiger partial charge in [0.05, 0.1) is 0 Å². The molecule has 1 atom stereocenters. The fourth-order valence-electron chi connectivity index (χ4n) is 1.23. The lowest BCUT2D eigenvalue weighted by atomic mass is 10.0. The molecule has 0 fully saturated rings. The molecule has 5 heteroatoms. The Labute approximate surface area is 84.9 Å². The highest BCUT2D eigenvalue weighted by molar-refractivity contribution is 5.28. The van der Waals surface area contributed by atoms with E-state index in [1.165, 1.54) is 25.1 Å². The van der Waals surface area contributed by atoms with Gasteiger partial charge in [0, 0.05) is 0 Å². The molecule has 0 spiro atoms. The van der Waals surface area contributed by atoms with Gasteiger partial charge in [-0.15, -0.1) is 0 Å². The van der Waals surface area contributed by atoms with E-state index in [0.717, 1.165) is 0 Å². The van der Waals surface area contributed by atoms with Gasteiger partial charge in [-0.3, -0.25) is 0 Å². The van der Waals surface area contributed by atoms with E-state index in [-0.39, 0.29) is 5.56 Å². The summed E-state index contributed by atoms with van der Waals surface area (Å²) in [6.07, 6.45) is -4.84. The minimum absolute atomic E-state index is 0.220. The summed E-state index contributed by atoms with van der Waals surface area (Å²) >= 11 is 0. The quantitative estimate of drug-likeness (QED) is 0.763. The molecule has 0 bridgehead atoms. The Morgan fingerprint density at radius 3 is 2.47 bits per heavy atom. The summed E-state index contributed by atoms with van der Waals surface area (Å²) in [6, 6.07) is 2.08. The number of nitrogens with two attached hydrogens (primary N) is 1. The van der Waals surface area contributed by atoms with Crippen molar-refractivity contribution in [3.63, 3.8) is 0 Å². The molecular weight excluding hydrogens is 210 g/mol. The molecule has 1 rings (SSSR count). The van der Waals surface area contributed by atoms with Crippen LogP contribution in [0.15, 0.2) is 18.2 Å². The summed E-state index contributed by atoms with van der Waals surface area (Å²) in [7, 11) is 0. The summed E-state index contributed by atoms with van der Waals surface area (Å²) in [4.78, 5) is 0. The molecule has 0 aromatic heterocycles. The summed E-state index contributed by atoms with van der Waals surface area (Å²) in [5, 5.41) is 0. The Bertz CT molecular complexity index is 346. The second-order valence-corrected chi connectivity index (χ2v) is 3.38. The van der Waals surface area contributed by atoms with Gasteiger partial charge in [-0.05, 0) is 30.5 Å². The monoisotopic (exact) mass is 221 g/mol. The van der Waals surface area contributed by atoms with Gasteiger partial charge in [-0.2, -0.15) is 13.2 Å². The highest BCUT2D eigenvalue weighted by Crippen LogP contribution is 2.23. The molecule has 0 aliphatic carbocycles. The first-order valence-corrected chi connectivity index (χ1v) is 4.38. The zero-order valence-electron chi connectivity index (χ0n) is 8.11. The highest BCUT2D eigenvalue weighted by atomic mass is 19.4. The first-order valence-electron chi connectivity index (χ1n) is 4.38. The number of rotatable bonds is 2. The van der Waals surface area contributed by atoms with Crippen LogP contribution in [-0.2, 0) is 6.42 Å². The summed E-state index contributed by atoms with van der Waals surface area (Å²) in [6.45, 7) is 1.44. The molecule has 15 heavy (non-hydrogen) atoms. The molecule has 1 unspecified atom stereocenters. The van der Waals surface area contributed by atoms with Crippen LogP contribution in [0.3, 0.4) is 0 Å². The van der Waals surface area contributed by atoms with Crippen LogP contribution in [0.2, 0.25) is 0 Å². The van der Waals surface area contributed by atoms with Crippen molar-refractivity contribution < 1.29 is 17.6 Å². The largest absolute Gasteiger partial charge is 0.403 e. The lowest BCUT2D eigenvalue weighted by molar-refractivity contribution is -0.147. The van der Waals surface area contributed by atoms with Gasteiger partial charge in [-0.25, -0.2) is 4.39 Å². The first-order chi connectivity index (χ1) is 6.82. The molecule has 0 radical (unpaired) electrons. The van der Waals surface area contributed by atoms with Crippen molar-refractivity contribution in [2.24, 2.45) is 5.73 Å². The summed E-state index contributed by atoms with van der Waals surface area (Å²) < 4.78 is 49.4. The van der Waals surface area contributed by atoms with Gasteiger partial charge < -0.3 is 5.73 Å². The van der Waals surface area contributed by atoms with Crippen molar-refractivity contribution in [1.82, 2.24) is 0 Å².